The number of rotatable bonds is 4. The molecule has 1 unspecified atom stereocenters. The molecule has 18 heavy (non-hydrogen) atoms. The fourth-order valence-corrected chi connectivity index (χ4v) is 1.70. The van der Waals surface area contributed by atoms with Crippen molar-refractivity contribution in [3.8, 4) is 0 Å². The van der Waals surface area contributed by atoms with Crippen LogP contribution in [0.1, 0.15) is 39.8 Å². The first-order chi connectivity index (χ1) is 8.28. The molecular weight excluding hydrogens is 228 g/mol. The molecule has 1 atom stereocenters. The lowest BCUT2D eigenvalue weighted by atomic mass is 10.1. The molecule has 0 aliphatic heterocycles. The lowest BCUT2D eigenvalue weighted by molar-refractivity contribution is 0.0506. The molecular formula is C14H24N2O2. The molecule has 4 nitrogen and oxygen atoms in total. The van der Waals surface area contributed by atoms with Crippen LogP contribution in [-0.4, -0.2) is 22.3 Å². The van der Waals surface area contributed by atoms with Gasteiger partial charge in [0.15, 0.2) is 0 Å². The van der Waals surface area contributed by atoms with Gasteiger partial charge in [-0.05, 0) is 52.7 Å². The third-order valence-electron chi connectivity index (χ3n) is 2.65. The molecule has 0 aromatic carbocycles. The monoisotopic (exact) mass is 252 g/mol. The maximum absolute atomic E-state index is 11.6. The number of ether oxygens (including phenoxy) is 1. The van der Waals surface area contributed by atoms with Crippen LogP contribution < -0.4 is 5.32 Å². The zero-order chi connectivity index (χ0) is 13.8. The number of carbonyl (C=O) groups is 1. The fraction of sp³-hybridized carbons (Fsp3) is 0.643. The van der Waals surface area contributed by atoms with E-state index in [0.717, 1.165) is 12.8 Å². The summed E-state index contributed by atoms with van der Waals surface area (Å²) < 4.78 is 7.31. The van der Waals surface area contributed by atoms with E-state index in [-0.39, 0.29) is 12.1 Å². The molecule has 0 fully saturated rings. The molecule has 1 heterocycles. The van der Waals surface area contributed by atoms with Crippen LogP contribution in [0.25, 0.3) is 0 Å². The van der Waals surface area contributed by atoms with Gasteiger partial charge in [0.2, 0.25) is 0 Å². The van der Waals surface area contributed by atoms with Crippen LogP contribution in [0.4, 0.5) is 4.79 Å². The number of nitrogens with one attached hydrogen (secondary N) is 1. The summed E-state index contributed by atoms with van der Waals surface area (Å²) in [7, 11) is 2.03. The van der Waals surface area contributed by atoms with Crippen LogP contribution in [0.2, 0.25) is 0 Å². The summed E-state index contributed by atoms with van der Waals surface area (Å²) in [5.74, 6) is 0. The van der Waals surface area contributed by atoms with Gasteiger partial charge in [0, 0.05) is 25.0 Å². The molecule has 0 spiro atoms. The number of nitrogens with zero attached hydrogens (tertiary/aromatic N) is 1. The lowest BCUT2D eigenvalue weighted by Gasteiger charge is -2.22. The van der Waals surface area contributed by atoms with Gasteiger partial charge in [-0.3, -0.25) is 0 Å². The zero-order valence-electron chi connectivity index (χ0n) is 12.0. The molecule has 0 aliphatic rings. The largest absolute Gasteiger partial charge is 0.444 e. The summed E-state index contributed by atoms with van der Waals surface area (Å²) in [5.41, 5.74) is 0.829. The van der Waals surface area contributed by atoms with Crippen molar-refractivity contribution in [3.63, 3.8) is 0 Å². The number of hydrogen-bond donors (Lipinski definition) is 1. The Morgan fingerprint density at radius 2 is 2.17 bits per heavy atom. The smallest absolute Gasteiger partial charge is 0.407 e. The summed E-state index contributed by atoms with van der Waals surface area (Å²) in [5, 5.41) is 2.85. The van der Waals surface area contributed by atoms with E-state index in [1.54, 1.807) is 0 Å². The van der Waals surface area contributed by atoms with Crippen LogP contribution >= 0.6 is 0 Å². The highest BCUT2D eigenvalue weighted by molar-refractivity contribution is 5.67. The van der Waals surface area contributed by atoms with E-state index in [0.29, 0.717) is 0 Å². The molecule has 0 saturated heterocycles. The summed E-state index contributed by atoms with van der Waals surface area (Å²) in [6.07, 6.45) is 3.53. The minimum atomic E-state index is -0.443. The normalized spacial score (nSPS) is 13.2. The van der Waals surface area contributed by atoms with Crippen molar-refractivity contribution in [1.29, 1.82) is 0 Å². The van der Waals surface area contributed by atoms with Crippen LogP contribution in [0, 0.1) is 0 Å². The second-order valence-corrected chi connectivity index (χ2v) is 5.70. The van der Waals surface area contributed by atoms with Crippen molar-refractivity contribution < 1.29 is 9.53 Å². The summed E-state index contributed by atoms with van der Waals surface area (Å²) in [6, 6.07) is 4.23. The number of aromatic nitrogens is 1. The van der Waals surface area contributed by atoms with Crippen molar-refractivity contribution in [3.05, 3.63) is 24.0 Å². The first-order valence-corrected chi connectivity index (χ1v) is 6.37. The molecule has 102 valence electrons. The highest BCUT2D eigenvalue weighted by Crippen LogP contribution is 2.08. The maximum Gasteiger partial charge on any atom is 0.407 e. The summed E-state index contributed by atoms with van der Waals surface area (Å²) in [6.45, 7) is 7.58. The Bertz CT molecular complexity index is 391. The molecule has 0 saturated carbocycles. The van der Waals surface area contributed by atoms with E-state index in [1.165, 1.54) is 5.69 Å². The maximum atomic E-state index is 11.6. The number of aryl methyl sites for hydroxylation is 2. The lowest BCUT2D eigenvalue weighted by Crippen LogP contribution is -2.37. The number of amides is 1. The van der Waals surface area contributed by atoms with Crippen LogP contribution in [-0.2, 0) is 18.2 Å². The highest BCUT2D eigenvalue weighted by Gasteiger charge is 2.17. The Balaban J connectivity index is 2.32. The van der Waals surface area contributed by atoms with Crippen molar-refractivity contribution in [1.82, 2.24) is 9.88 Å². The third kappa shape index (κ3) is 5.25. The molecule has 0 aliphatic carbocycles. The van der Waals surface area contributed by atoms with Crippen LogP contribution in [0.5, 0.6) is 0 Å². The van der Waals surface area contributed by atoms with Gasteiger partial charge in [-0.1, -0.05) is 0 Å². The van der Waals surface area contributed by atoms with Gasteiger partial charge in [-0.2, -0.15) is 0 Å². The van der Waals surface area contributed by atoms with Crippen LogP contribution in [0.15, 0.2) is 18.3 Å². The first kappa shape index (κ1) is 14.6. The molecule has 1 N–H and O–H groups in total. The van der Waals surface area contributed by atoms with Gasteiger partial charge in [0.05, 0.1) is 0 Å². The minimum absolute atomic E-state index is 0.106. The molecule has 1 aromatic rings. The number of alkyl carbamates (subject to hydrolysis) is 1. The van der Waals surface area contributed by atoms with Gasteiger partial charge in [-0.25, -0.2) is 4.79 Å². The quantitative estimate of drug-likeness (QED) is 0.895. The average molecular weight is 252 g/mol. The van der Waals surface area contributed by atoms with E-state index in [2.05, 4.69) is 16.0 Å². The molecule has 4 heteroatoms. The van der Waals surface area contributed by atoms with E-state index < -0.39 is 5.60 Å². The van der Waals surface area contributed by atoms with Gasteiger partial charge in [-0.15, -0.1) is 0 Å². The second-order valence-electron chi connectivity index (χ2n) is 5.70. The molecule has 1 aromatic heterocycles. The van der Waals surface area contributed by atoms with Crippen molar-refractivity contribution in [2.45, 2.75) is 52.2 Å². The van der Waals surface area contributed by atoms with Gasteiger partial charge in [0.1, 0.15) is 5.60 Å². The molecule has 0 bridgehead atoms. The predicted molar refractivity (Wildman–Crippen MR) is 72.6 cm³/mol. The molecule has 0 radical (unpaired) electrons. The average Bonchev–Trinajstić information content (AvgIpc) is 2.57. The fourth-order valence-electron chi connectivity index (χ4n) is 1.70. The Morgan fingerprint density at radius 3 is 2.67 bits per heavy atom. The van der Waals surface area contributed by atoms with E-state index in [9.17, 15) is 4.79 Å². The standard InChI is InChI=1S/C14H24N2O2/c1-11(15-13(17)18-14(2,3)4)8-9-12-7-6-10-16(12)5/h6-7,10-11H,8-9H2,1-5H3,(H,15,17). The Kier molecular flexibility index (Phi) is 4.82. The third-order valence-corrected chi connectivity index (χ3v) is 2.65. The SMILES string of the molecule is CC(CCc1cccn1C)NC(=O)OC(C)(C)C. The Hall–Kier alpha value is -1.45. The topological polar surface area (TPSA) is 43.3 Å². The van der Waals surface area contributed by atoms with Gasteiger partial charge in [0.25, 0.3) is 0 Å². The predicted octanol–water partition coefficient (Wildman–Crippen LogP) is 2.87. The zero-order valence-corrected chi connectivity index (χ0v) is 12.0. The summed E-state index contributed by atoms with van der Waals surface area (Å²) >= 11 is 0. The first-order valence-electron chi connectivity index (χ1n) is 6.37. The Morgan fingerprint density at radius 1 is 1.50 bits per heavy atom. The molecule has 1 amide bonds. The van der Waals surface area contributed by atoms with Crippen LogP contribution in [0.3, 0.4) is 0 Å². The molecule has 1 rings (SSSR count). The number of hydrogen-bond acceptors (Lipinski definition) is 2. The van der Waals surface area contributed by atoms with Crippen molar-refractivity contribution in [2.24, 2.45) is 7.05 Å². The Labute approximate surface area is 109 Å². The van der Waals surface area contributed by atoms with Gasteiger partial charge >= 0.3 is 6.09 Å². The second kappa shape index (κ2) is 5.94. The van der Waals surface area contributed by atoms with Crippen molar-refractivity contribution >= 4 is 6.09 Å². The summed E-state index contributed by atoms with van der Waals surface area (Å²) in [4.78, 5) is 11.6. The minimum Gasteiger partial charge on any atom is -0.444 e. The van der Waals surface area contributed by atoms with E-state index >= 15 is 0 Å². The van der Waals surface area contributed by atoms with E-state index in [4.69, 9.17) is 4.74 Å². The number of carbonyl (C=O) groups excluding carboxylic acids is 1. The van der Waals surface area contributed by atoms with E-state index in [1.807, 2.05) is 47.0 Å². The van der Waals surface area contributed by atoms with Gasteiger partial charge < -0.3 is 14.6 Å². The highest BCUT2D eigenvalue weighted by atomic mass is 16.6. The van der Waals surface area contributed by atoms with Crippen molar-refractivity contribution in [2.75, 3.05) is 0 Å².